The molecular weight excluding hydrogens is 352 g/mol. The summed E-state index contributed by atoms with van der Waals surface area (Å²) in [6.07, 6.45) is 10.3. The standard InChI is InChI=1S/C19H28N2O4S/c22-19(23)14-11-12-17(20-15-7-5-6-8-15)18(13-14)26(24,25)21-16-9-3-1-2-4-10-16/h11-13,15-16,20-21H,1-10H2,(H,22,23). The molecule has 2 fully saturated rings. The largest absolute Gasteiger partial charge is 0.478 e. The molecule has 3 rings (SSSR count). The predicted octanol–water partition coefficient (Wildman–Crippen LogP) is 3.74. The summed E-state index contributed by atoms with van der Waals surface area (Å²) in [5.41, 5.74) is 0.492. The van der Waals surface area contributed by atoms with E-state index in [9.17, 15) is 18.3 Å². The van der Waals surface area contributed by atoms with Crippen molar-refractivity contribution in [2.45, 2.75) is 81.2 Å². The molecule has 144 valence electrons. The second-order valence-corrected chi connectivity index (χ2v) is 9.13. The van der Waals surface area contributed by atoms with Crippen LogP contribution in [0.3, 0.4) is 0 Å². The molecule has 0 amide bonds. The van der Waals surface area contributed by atoms with Crippen LogP contribution in [0, 0.1) is 0 Å². The first kappa shape index (κ1) is 19.2. The number of nitrogens with one attached hydrogen (secondary N) is 2. The Balaban J connectivity index is 1.88. The lowest BCUT2D eigenvalue weighted by Crippen LogP contribution is -2.35. The van der Waals surface area contributed by atoms with Crippen molar-refractivity contribution >= 4 is 21.7 Å². The molecule has 7 heteroatoms. The smallest absolute Gasteiger partial charge is 0.335 e. The maximum Gasteiger partial charge on any atom is 0.335 e. The van der Waals surface area contributed by atoms with E-state index in [1.165, 1.54) is 12.1 Å². The normalized spacial score (nSPS) is 20.0. The van der Waals surface area contributed by atoms with E-state index < -0.39 is 16.0 Å². The second-order valence-electron chi connectivity index (χ2n) is 7.45. The quantitative estimate of drug-likeness (QED) is 0.654. The highest BCUT2D eigenvalue weighted by atomic mass is 32.2. The minimum absolute atomic E-state index is 0.0109. The minimum Gasteiger partial charge on any atom is -0.478 e. The van der Waals surface area contributed by atoms with Gasteiger partial charge in [0.15, 0.2) is 0 Å². The number of benzene rings is 1. The van der Waals surface area contributed by atoms with Crippen molar-refractivity contribution in [1.82, 2.24) is 4.72 Å². The summed E-state index contributed by atoms with van der Waals surface area (Å²) in [6.45, 7) is 0. The molecule has 0 radical (unpaired) electrons. The topological polar surface area (TPSA) is 95.5 Å². The molecule has 2 aliphatic carbocycles. The highest BCUT2D eigenvalue weighted by molar-refractivity contribution is 7.89. The zero-order chi connectivity index (χ0) is 18.6. The Morgan fingerprint density at radius 3 is 2.12 bits per heavy atom. The fourth-order valence-electron chi connectivity index (χ4n) is 3.97. The van der Waals surface area contributed by atoms with Crippen LogP contribution >= 0.6 is 0 Å². The summed E-state index contributed by atoms with van der Waals surface area (Å²) in [7, 11) is -3.78. The predicted molar refractivity (Wildman–Crippen MR) is 101 cm³/mol. The average Bonchev–Trinajstić information content (AvgIpc) is 2.98. The van der Waals surface area contributed by atoms with Gasteiger partial charge >= 0.3 is 5.97 Å². The second kappa shape index (κ2) is 8.39. The van der Waals surface area contributed by atoms with Crippen LogP contribution in [0.4, 0.5) is 5.69 Å². The fraction of sp³-hybridized carbons (Fsp3) is 0.632. The molecule has 0 atom stereocenters. The third kappa shape index (κ3) is 4.76. The molecule has 0 saturated heterocycles. The number of anilines is 1. The molecule has 2 aliphatic rings. The fourth-order valence-corrected chi connectivity index (χ4v) is 5.47. The first-order chi connectivity index (χ1) is 12.5. The number of carboxylic acids is 1. The van der Waals surface area contributed by atoms with Crippen LogP contribution in [0.25, 0.3) is 0 Å². The van der Waals surface area contributed by atoms with Gasteiger partial charge < -0.3 is 10.4 Å². The Labute approximate surface area is 155 Å². The summed E-state index contributed by atoms with van der Waals surface area (Å²) < 4.78 is 28.9. The van der Waals surface area contributed by atoms with Gasteiger partial charge in [0, 0.05) is 12.1 Å². The summed E-state index contributed by atoms with van der Waals surface area (Å²) in [5.74, 6) is -1.12. The van der Waals surface area contributed by atoms with Crippen molar-refractivity contribution in [3.8, 4) is 0 Å². The van der Waals surface area contributed by atoms with Crippen molar-refractivity contribution < 1.29 is 18.3 Å². The van der Waals surface area contributed by atoms with Crippen LogP contribution < -0.4 is 10.0 Å². The van der Waals surface area contributed by atoms with E-state index >= 15 is 0 Å². The van der Waals surface area contributed by atoms with Gasteiger partial charge in [-0.05, 0) is 43.9 Å². The van der Waals surface area contributed by atoms with Gasteiger partial charge in [-0.1, -0.05) is 38.5 Å². The van der Waals surface area contributed by atoms with Gasteiger partial charge in [0.2, 0.25) is 10.0 Å². The van der Waals surface area contributed by atoms with E-state index in [1.807, 2.05) is 0 Å². The number of hydrogen-bond donors (Lipinski definition) is 3. The number of aromatic carboxylic acids is 1. The van der Waals surface area contributed by atoms with Crippen LogP contribution in [-0.4, -0.2) is 31.6 Å². The first-order valence-electron chi connectivity index (χ1n) is 9.62. The zero-order valence-electron chi connectivity index (χ0n) is 15.0. The highest BCUT2D eigenvalue weighted by Crippen LogP contribution is 2.29. The van der Waals surface area contributed by atoms with Gasteiger partial charge in [-0.2, -0.15) is 0 Å². The molecule has 0 spiro atoms. The Hall–Kier alpha value is -1.60. The lowest BCUT2D eigenvalue weighted by Gasteiger charge is -2.21. The highest BCUT2D eigenvalue weighted by Gasteiger charge is 2.26. The number of hydrogen-bond acceptors (Lipinski definition) is 4. The number of rotatable bonds is 6. The maximum atomic E-state index is 13.0. The maximum absolute atomic E-state index is 13.0. The number of carbonyl (C=O) groups is 1. The lowest BCUT2D eigenvalue weighted by molar-refractivity contribution is 0.0696. The summed E-state index contributed by atoms with van der Waals surface area (Å²) in [6, 6.07) is 4.50. The van der Waals surface area contributed by atoms with E-state index in [0.29, 0.717) is 5.69 Å². The summed E-state index contributed by atoms with van der Waals surface area (Å²) >= 11 is 0. The van der Waals surface area contributed by atoms with E-state index in [2.05, 4.69) is 10.0 Å². The molecule has 0 aliphatic heterocycles. The van der Waals surface area contributed by atoms with E-state index in [4.69, 9.17) is 0 Å². The van der Waals surface area contributed by atoms with Gasteiger partial charge in [0.25, 0.3) is 0 Å². The van der Waals surface area contributed by atoms with Crippen molar-refractivity contribution in [3.05, 3.63) is 23.8 Å². The molecule has 3 N–H and O–H groups in total. The Bertz CT molecular complexity index is 734. The third-order valence-corrected chi connectivity index (χ3v) is 6.97. The van der Waals surface area contributed by atoms with E-state index in [1.54, 1.807) is 6.07 Å². The third-order valence-electron chi connectivity index (χ3n) is 5.41. The Morgan fingerprint density at radius 2 is 1.50 bits per heavy atom. The summed E-state index contributed by atoms with van der Waals surface area (Å²) in [4.78, 5) is 11.4. The van der Waals surface area contributed by atoms with Gasteiger partial charge in [-0.25, -0.2) is 17.9 Å². The van der Waals surface area contributed by atoms with Crippen molar-refractivity contribution in [2.75, 3.05) is 5.32 Å². The average molecular weight is 381 g/mol. The molecule has 0 heterocycles. The van der Waals surface area contributed by atoms with Crippen LogP contribution in [0.15, 0.2) is 23.1 Å². The molecule has 2 saturated carbocycles. The molecular formula is C19H28N2O4S. The molecule has 1 aromatic rings. The zero-order valence-corrected chi connectivity index (χ0v) is 15.9. The molecule has 6 nitrogen and oxygen atoms in total. The van der Waals surface area contributed by atoms with E-state index in [-0.39, 0.29) is 22.5 Å². The van der Waals surface area contributed by atoms with Gasteiger partial charge in [-0.15, -0.1) is 0 Å². The summed E-state index contributed by atoms with van der Waals surface area (Å²) in [5, 5.41) is 12.6. The monoisotopic (exact) mass is 380 g/mol. The Morgan fingerprint density at radius 1 is 0.923 bits per heavy atom. The van der Waals surface area contributed by atoms with Crippen LogP contribution in [0.2, 0.25) is 0 Å². The van der Waals surface area contributed by atoms with Crippen LogP contribution in [0.1, 0.15) is 74.6 Å². The number of carboxylic acid groups (broad SMARTS) is 1. The van der Waals surface area contributed by atoms with Crippen LogP contribution in [-0.2, 0) is 10.0 Å². The SMILES string of the molecule is O=C(O)c1ccc(NC2CCCC2)c(S(=O)(=O)NC2CCCCCC2)c1. The number of sulfonamides is 1. The van der Waals surface area contributed by atoms with Crippen molar-refractivity contribution in [2.24, 2.45) is 0 Å². The van der Waals surface area contributed by atoms with E-state index in [0.717, 1.165) is 64.2 Å². The van der Waals surface area contributed by atoms with Crippen molar-refractivity contribution in [3.63, 3.8) is 0 Å². The van der Waals surface area contributed by atoms with Crippen molar-refractivity contribution in [1.29, 1.82) is 0 Å². The molecule has 0 unspecified atom stereocenters. The van der Waals surface area contributed by atoms with Gasteiger partial charge in [0.1, 0.15) is 4.90 Å². The van der Waals surface area contributed by atoms with Crippen LogP contribution in [0.5, 0.6) is 0 Å². The Kier molecular flexibility index (Phi) is 6.19. The first-order valence-corrected chi connectivity index (χ1v) is 11.1. The molecule has 26 heavy (non-hydrogen) atoms. The lowest BCUT2D eigenvalue weighted by atomic mass is 10.1. The molecule has 0 bridgehead atoms. The minimum atomic E-state index is -3.78. The van der Waals surface area contributed by atoms with Gasteiger partial charge in [0.05, 0.1) is 11.3 Å². The molecule has 0 aromatic heterocycles. The van der Waals surface area contributed by atoms with Gasteiger partial charge in [-0.3, -0.25) is 0 Å². The molecule has 1 aromatic carbocycles.